The molecular weight excluding hydrogens is 255 g/mol. The summed E-state index contributed by atoms with van der Waals surface area (Å²) in [5.74, 6) is 5.60. The summed E-state index contributed by atoms with van der Waals surface area (Å²) in [7, 11) is 0. The molecule has 1 aromatic carbocycles. The third-order valence-corrected chi connectivity index (χ3v) is 3.90. The summed E-state index contributed by atoms with van der Waals surface area (Å²) in [6.45, 7) is 2.83. The van der Waals surface area contributed by atoms with Crippen molar-refractivity contribution in [2.24, 2.45) is 11.8 Å². The van der Waals surface area contributed by atoms with E-state index in [2.05, 4.69) is 12.3 Å². The van der Waals surface area contributed by atoms with Crippen molar-refractivity contribution < 1.29 is 9.13 Å². The first kappa shape index (κ1) is 13.7. The van der Waals surface area contributed by atoms with Crippen LogP contribution in [0.4, 0.5) is 4.39 Å². The molecule has 0 radical (unpaired) electrons. The lowest BCUT2D eigenvalue weighted by Crippen LogP contribution is -2.44. The van der Waals surface area contributed by atoms with Crippen LogP contribution in [0, 0.1) is 11.7 Å². The van der Waals surface area contributed by atoms with E-state index in [4.69, 9.17) is 22.2 Å². The van der Waals surface area contributed by atoms with Crippen LogP contribution in [-0.4, -0.2) is 18.8 Å². The molecule has 1 saturated heterocycles. The van der Waals surface area contributed by atoms with Crippen LogP contribution in [0.15, 0.2) is 18.2 Å². The Morgan fingerprint density at radius 2 is 2.39 bits per heavy atom. The minimum atomic E-state index is -0.393. The smallest absolute Gasteiger partial charge is 0.141 e. The number of rotatable bonds is 4. The van der Waals surface area contributed by atoms with Crippen molar-refractivity contribution in [3.05, 3.63) is 34.6 Å². The maximum atomic E-state index is 13.1. The van der Waals surface area contributed by atoms with E-state index in [-0.39, 0.29) is 17.2 Å². The molecule has 1 aliphatic rings. The van der Waals surface area contributed by atoms with Crippen LogP contribution in [0.25, 0.3) is 0 Å². The molecule has 100 valence electrons. The summed E-state index contributed by atoms with van der Waals surface area (Å²) in [5.41, 5.74) is 3.82. The fraction of sp³-hybridized carbons (Fsp3) is 0.538. The minimum absolute atomic E-state index is 0.115. The highest BCUT2D eigenvalue weighted by Crippen LogP contribution is 2.26. The molecule has 3 atom stereocenters. The summed E-state index contributed by atoms with van der Waals surface area (Å²) >= 11 is 5.78. The number of hydrogen-bond acceptors (Lipinski definition) is 3. The van der Waals surface area contributed by atoms with Crippen molar-refractivity contribution in [2.45, 2.75) is 31.9 Å². The predicted molar refractivity (Wildman–Crippen MR) is 69.7 cm³/mol. The highest BCUT2D eigenvalue weighted by Gasteiger charge is 2.31. The molecule has 0 aromatic heterocycles. The molecule has 1 aliphatic heterocycles. The molecule has 3 N–H and O–H groups in total. The molecule has 18 heavy (non-hydrogen) atoms. The average Bonchev–Trinajstić information content (AvgIpc) is 2.77. The van der Waals surface area contributed by atoms with Crippen molar-refractivity contribution in [1.82, 2.24) is 5.43 Å². The van der Waals surface area contributed by atoms with Gasteiger partial charge in [0.2, 0.25) is 0 Å². The zero-order chi connectivity index (χ0) is 13.1. The Bertz CT molecular complexity index is 416. The van der Waals surface area contributed by atoms with E-state index >= 15 is 0 Å². The van der Waals surface area contributed by atoms with Crippen molar-refractivity contribution >= 4 is 11.6 Å². The second kappa shape index (κ2) is 5.97. The van der Waals surface area contributed by atoms with Crippen LogP contribution < -0.4 is 11.3 Å². The highest BCUT2D eigenvalue weighted by molar-refractivity contribution is 6.30. The highest BCUT2D eigenvalue weighted by atomic mass is 35.5. The minimum Gasteiger partial charge on any atom is -0.378 e. The molecule has 3 nitrogen and oxygen atoms in total. The molecule has 0 spiro atoms. The van der Waals surface area contributed by atoms with Crippen LogP contribution in [0.3, 0.4) is 0 Å². The van der Waals surface area contributed by atoms with E-state index in [1.165, 1.54) is 6.07 Å². The summed E-state index contributed by atoms with van der Waals surface area (Å²) in [5, 5.41) is 0.152. The largest absolute Gasteiger partial charge is 0.378 e. The fourth-order valence-corrected chi connectivity index (χ4v) is 2.73. The lowest BCUT2D eigenvalue weighted by Gasteiger charge is -2.25. The van der Waals surface area contributed by atoms with Gasteiger partial charge in [-0.3, -0.25) is 11.3 Å². The van der Waals surface area contributed by atoms with Crippen LogP contribution in [0.2, 0.25) is 5.02 Å². The van der Waals surface area contributed by atoms with Gasteiger partial charge >= 0.3 is 0 Å². The van der Waals surface area contributed by atoms with Gasteiger partial charge in [-0.05, 0) is 37.5 Å². The van der Waals surface area contributed by atoms with Gasteiger partial charge in [0.25, 0.3) is 0 Å². The molecule has 0 bridgehead atoms. The van der Waals surface area contributed by atoms with Crippen LogP contribution in [-0.2, 0) is 11.2 Å². The number of halogens is 2. The Hall–Kier alpha value is -0.680. The number of ether oxygens (including phenoxy) is 1. The van der Waals surface area contributed by atoms with E-state index in [9.17, 15) is 4.39 Å². The van der Waals surface area contributed by atoms with Gasteiger partial charge < -0.3 is 4.74 Å². The standard InChI is InChI=1S/C13H18ClFN2O/c1-8-10(4-5-18-8)13(17-16)7-9-2-3-12(15)11(14)6-9/h2-3,6,8,10,13,17H,4-5,7,16H2,1H3. The summed E-state index contributed by atoms with van der Waals surface area (Å²) in [6, 6.07) is 4.90. The number of hydrogen-bond donors (Lipinski definition) is 2. The zero-order valence-corrected chi connectivity index (χ0v) is 11.1. The molecule has 1 aromatic rings. The second-order valence-corrected chi connectivity index (χ2v) is 5.16. The Labute approximate surface area is 111 Å². The number of benzene rings is 1. The van der Waals surface area contributed by atoms with Gasteiger partial charge in [-0.2, -0.15) is 0 Å². The van der Waals surface area contributed by atoms with Gasteiger partial charge in [0.1, 0.15) is 5.82 Å². The average molecular weight is 273 g/mol. The van der Waals surface area contributed by atoms with Crippen LogP contribution in [0.1, 0.15) is 18.9 Å². The monoisotopic (exact) mass is 272 g/mol. The molecule has 2 rings (SSSR count). The van der Waals surface area contributed by atoms with Gasteiger partial charge in [0.15, 0.2) is 0 Å². The first-order valence-corrected chi connectivity index (χ1v) is 6.51. The second-order valence-electron chi connectivity index (χ2n) is 4.75. The Morgan fingerprint density at radius 3 is 2.94 bits per heavy atom. The quantitative estimate of drug-likeness (QED) is 0.653. The van der Waals surface area contributed by atoms with E-state index in [1.54, 1.807) is 12.1 Å². The molecule has 5 heteroatoms. The van der Waals surface area contributed by atoms with E-state index in [0.717, 1.165) is 25.0 Å². The lowest BCUT2D eigenvalue weighted by atomic mass is 9.89. The van der Waals surface area contributed by atoms with E-state index < -0.39 is 5.82 Å². The van der Waals surface area contributed by atoms with E-state index in [0.29, 0.717) is 5.92 Å². The molecule has 1 fully saturated rings. The molecule has 3 unspecified atom stereocenters. The first-order chi connectivity index (χ1) is 8.61. The molecule has 1 heterocycles. The summed E-state index contributed by atoms with van der Waals surface area (Å²) in [4.78, 5) is 0. The molecular formula is C13H18ClFN2O. The summed E-state index contributed by atoms with van der Waals surface area (Å²) in [6.07, 6.45) is 1.90. The maximum Gasteiger partial charge on any atom is 0.141 e. The SMILES string of the molecule is CC1OCCC1C(Cc1ccc(F)c(Cl)c1)NN. The van der Waals surface area contributed by atoms with Gasteiger partial charge in [-0.1, -0.05) is 17.7 Å². The third kappa shape index (κ3) is 3.01. The van der Waals surface area contributed by atoms with Gasteiger partial charge in [0, 0.05) is 18.6 Å². The normalized spacial score (nSPS) is 25.3. The van der Waals surface area contributed by atoms with Gasteiger partial charge in [-0.15, -0.1) is 0 Å². The fourth-order valence-electron chi connectivity index (χ4n) is 2.53. The molecule has 0 saturated carbocycles. The topological polar surface area (TPSA) is 47.3 Å². The number of hydrazine groups is 1. The van der Waals surface area contributed by atoms with Crippen molar-refractivity contribution in [2.75, 3.05) is 6.61 Å². The van der Waals surface area contributed by atoms with Crippen molar-refractivity contribution in [3.63, 3.8) is 0 Å². The first-order valence-electron chi connectivity index (χ1n) is 6.13. The maximum absolute atomic E-state index is 13.1. The molecule has 0 aliphatic carbocycles. The van der Waals surface area contributed by atoms with Crippen LogP contribution >= 0.6 is 11.6 Å². The van der Waals surface area contributed by atoms with Crippen molar-refractivity contribution in [1.29, 1.82) is 0 Å². The Kier molecular flexibility index (Phi) is 4.56. The van der Waals surface area contributed by atoms with Crippen LogP contribution in [0.5, 0.6) is 0 Å². The lowest BCUT2D eigenvalue weighted by molar-refractivity contribution is 0.0954. The number of nitrogens with one attached hydrogen (secondary N) is 1. The van der Waals surface area contributed by atoms with E-state index in [1.807, 2.05) is 0 Å². The van der Waals surface area contributed by atoms with Gasteiger partial charge in [-0.25, -0.2) is 4.39 Å². The Morgan fingerprint density at radius 1 is 1.61 bits per heavy atom. The molecule has 0 amide bonds. The predicted octanol–water partition coefficient (Wildman–Crippen LogP) is 2.28. The van der Waals surface area contributed by atoms with Gasteiger partial charge in [0.05, 0.1) is 11.1 Å². The number of nitrogens with two attached hydrogens (primary N) is 1. The zero-order valence-electron chi connectivity index (χ0n) is 10.3. The summed E-state index contributed by atoms with van der Waals surface area (Å²) < 4.78 is 18.6. The Balaban J connectivity index is 2.07. The van der Waals surface area contributed by atoms with Crippen molar-refractivity contribution in [3.8, 4) is 0 Å². The third-order valence-electron chi connectivity index (χ3n) is 3.61.